The van der Waals surface area contributed by atoms with Crippen LogP contribution >= 0.6 is 0 Å². The zero-order valence-electron chi connectivity index (χ0n) is 14.7. The minimum absolute atomic E-state index is 0.0562. The molecule has 1 N–H and O–H groups in total. The Labute approximate surface area is 137 Å². The fourth-order valence-corrected chi connectivity index (χ4v) is 2.50. The quantitative estimate of drug-likeness (QED) is 0.258. The van der Waals surface area contributed by atoms with Gasteiger partial charge in [0.15, 0.2) is 0 Å². The summed E-state index contributed by atoms with van der Waals surface area (Å²) in [6.07, 6.45) is 13.2. The molecule has 0 amide bonds. The first-order valence-corrected chi connectivity index (χ1v) is 9.07. The van der Waals surface area contributed by atoms with E-state index in [1.807, 2.05) is 13.8 Å². The molecule has 0 saturated carbocycles. The van der Waals surface area contributed by atoms with Crippen LogP contribution in [0.5, 0.6) is 0 Å². The fraction of sp³-hybridized carbons (Fsp3) is 0.842. The summed E-state index contributed by atoms with van der Waals surface area (Å²) in [5, 5.41) is 9.61. The molecule has 1 atom stereocenters. The molecule has 0 bridgehead atoms. The first-order valence-electron chi connectivity index (χ1n) is 9.07. The molecule has 3 heteroatoms. The summed E-state index contributed by atoms with van der Waals surface area (Å²) in [6.45, 7) is 7.99. The van der Waals surface area contributed by atoms with Gasteiger partial charge in [-0.3, -0.25) is 4.79 Å². The Hall–Kier alpha value is -0.830. The average Bonchev–Trinajstić information content (AvgIpc) is 2.48. The molecule has 0 aromatic heterocycles. The first-order chi connectivity index (χ1) is 10.6. The van der Waals surface area contributed by atoms with Crippen LogP contribution in [0.1, 0.15) is 90.9 Å². The van der Waals surface area contributed by atoms with Crippen LogP contribution in [-0.4, -0.2) is 23.8 Å². The molecule has 3 nitrogen and oxygen atoms in total. The molecule has 0 aliphatic rings. The normalized spacial score (nSPS) is 12.1. The van der Waals surface area contributed by atoms with Crippen LogP contribution in [0.2, 0.25) is 0 Å². The predicted octanol–water partition coefficient (Wildman–Crippen LogP) is 5.17. The fourth-order valence-electron chi connectivity index (χ4n) is 2.50. The zero-order chi connectivity index (χ0) is 16.6. The third-order valence-electron chi connectivity index (χ3n) is 3.98. The van der Waals surface area contributed by atoms with Gasteiger partial charge in [-0.2, -0.15) is 0 Å². The number of aliphatic hydroxyl groups is 1. The second-order valence-corrected chi connectivity index (χ2v) is 6.24. The smallest absolute Gasteiger partial charge is 0.305 e. The molecule has 0 heterocycles. The highest BCUT2D eigenvalue weighted by Crippen LogP contribution is 2.14. The topological polar surface area (TPSA) is 46.5 Å². The van der Waals surface area contributed by atoms with Gasteiger partial charge in [0.05, 0.1) is 12.7 Å². The first kappa shape index (κ1) is 21.2. The lowest BCUT2D eigenvalue weighted by molar-refractivity contribution is -0.143. The molecule has 0 aliphatic carbocycles. The monoisotopic (exact) mass is 312 g/mol. The minimum Gasteiger partial charge on any atom is -0.466 e. The van der Waals surface area contributed by atoms with E-state index in [1.54, 1.807) is 0 Å². The number of unbranched alkanes of at least 4 members (excludes halogenated alkanes) is 9. The van der Waals surface area contributed by atoms with E-state index in [-0.39, 0.29) is 12.1 Å². The number of hydrogen-bond acceptors (Lipinski definition) is 3. The van der Waals surface area contributed by atoms with Crippen molar-refractivity contribution in [3.05, 3.63) is 12.2 Å². The summed E-state index contributed by atoms with van der Waals surface area (Å²) in [5.74, 6) is -0.0562. The molecule has 22 heavy (non-hydrogen) atoms. The summed E-state index contributed by atoms with van der Waals surface area (Å²) in [5.41, 5.74) is 0.878. The Kier molecular flexibility index (Phi) is 14.5. The Morgan fingerprint density at radius 3 is 1.86 bits per heavy atom. The van der Waals surface area contributed by atoms with Gasteiger partial charge in [-0.1, -0.05) is 69.9 Å². The Bertz CT molecular complexity index is 286. The number of rotatable bonds is 15. The highest BCUT2D eigenvalue weighted by Gasteiger charge is 2.03. The number of hydrogen-bond donors (Lipinski definition) is 1. The molecule has 0 fully saturated rings. The van der Waals surface area contributed by atoms with E-state index >= 15 is 0 Å². The molecule has 0 aromatic carbocycles. The van der Waals surface area contributed by atoms with Crippen molar-refractivity contribution in [2.45, 2.75) is 97.0 Å². The number of carbonyl (C=O) groups is 1. The van der Waals surface area contributed by atoms with Gasteiger partial charge in [-0.15, -0.1) is 0 Å². The van der Waals surface area contributed by atoms with E-state index in [9.17, 15) is 9.90 Å². The lowest BCUT2D eigenvalue weighted by Crippen LogP contribution is -2.06. The van der Waals surface area contributed by atoms with Crippen molar-refractivity contribution in [3.63, 3.8) is 0 Å². The highest BCUT2D eigenvalue weighted by molar-refractivity contribution is 5.69. The lowest BCUT2D eigenvalue weighted by atomic mass is 10.0. The third-order valence-corrected chi connectivity index (χ3v) is 3.98. The maximum absolute atomic E-state index is 11.1. The summed E-state index contributed by atoms with van der Waals surface area (Å²) >= 11 is 0. The van der Waals surface area contributed by atoms with Gasteiger partial charge in [0.2, 0.25) is 0 Å². The van der Waals surface area contributed by atoms with Crippen LogP contribution in [0.3, 0.4) is 0 Å². The standard InChI is InChI=1S/C19H36O3/c1-4-22-19(21)16-14-12-10-8-6-5-7-9-11-13-15-18(20)17(2)3/h18,20H,2,4-16H2,1,3H3. The van der Waals surface area contributed by atoms with E-state index in [4.69, 9.17) is 4.74 Å². The largest absolute Gasteiger partial charge is 0.466 e. The molecule has 0 aromatic rings. The summed E-state index contributed by atoms with van der Waals surface area (Å²) < 4.78 is 4.90. The third kappa shape index (κ3) is 14.1. The van der Waals surface area contributed by atoms with Crippen LogP contribution in [-0.2, 0) is 9.53 Å². The minimum atomic E-state index is -0.311. The number of carbonyl (C=O) groups excluding carboxylic acids is 1. The molecule has 0 rings (SSSR count). The van der Waals surface area contributed by atoms with Crippen molar-refractivity contribution in [1.29, 1.82) is 0 Å². The van der Waals surface area contributed by atoms with E-state index < -0.39 is 0 Å². The van der Waals surface area contributed by atoms with Gasteiger partial charge in [-0.25, -0.2) is 0 Å². The highest BCUT2D eigenvalue weighted by atomic mass is 16.5. The summed E-state index contributed by atoms with van der Waals surface area (Å²) in [7, 11) is 0. The number of ether oxygens (including phenoxy) is 1. The Balaban J connectivity index is 3.14. The number of aliphatic hydroxyl groups excluding tert-OH is 1. The molecule has 0 saturated heterocycles. The molecular formula is C19H36O3. The molecule has 0 aliphatic heterocycles. The summed E-state index contributed by atoms with van der Waals surface area (Å²) in [4.78, 5) is 11.1. The maximum Gasteiger partial charge on any atom is 0.305 e. The van der Waals surface area contributed by atoms with E-state index in [0.29, 0.717) is 13.0 Å². The molecule has 1 unspecified atom stereocenters. The van der Waals surface area contributed by atoms with Crippen molar-refractivity contribution in [2.24, 2.45) is 0 Å². The van der Waals surface area contributed by atoms with Crippen molar-refractivity contribution in [2.75, 3.05) is 6.61 Å². The van der Waals surface area contributed by atoms with Gasteiger partial charge in [0.1, 0.15) is 0 Å². The van der Waals surface area contributed by atoms with Gasteiger partial charge in [0.25, 0.3) is 0 Å². The van der Waals surface area contributed by atoms with Gasteiger partial charge >= 0.3 is 5.97 Å². The molecular weight excluding hydrogens is 276 g/mol. The predicted molar refractivity (Wildman–Crippen MR) is 92.9 cm³/mol. The van der Waals surface area contributed by atoms with Crippen molar-refractivity contribution < 1.29 is 14.6 Å². The van der Waals surface area contributed by atoms with E-state index in [2.05, 4.69) is 6.58 Å². The molecule has 0 radical (unpaired) electrons. The Morgan fingerprint density at radius 1 is 0.955 bits per heavy atom. The van der Waals surface area contributed by atoms with E-state index in [0.717, 1.165) is 31.3 Å². The molecule has 130 valence electrons. The SMILES string of the molecule is C=C(C)C(O)CCCCCCCCCCCCC(=O)OCC. The molecule has 0 spiro atoms. The van der Waals surface area contributed by atoms with E-state index in [1.165, 1.54) is 44.9 Å². The van der Waals surface area contributed by atoms with Crippen LogP contribution in [0, 0.1) is 0 Å². The van der Waals surface area contributed by atoms with Crippen LogP contribution in [0.15, 0.2) is 12.2 Å². The lowest BCUT2D eigenvalue weighted by Gasteiger charge is -2.09. The Morgan fingerprint density at radius 2 is 1.41 bits per heavy atom. The van der Waals surface area contributed by atoms with Crippen molar-refractivity contribution in [1.82, 2.24) is 0 Å². The van der Waals surface area contributed by atoms with Gasteiger partial charge < -0.3 is 9.84 Å². The van der Waals surface area contributed by atoms with Gasteiger partial charge in [0, 0.05) is 6.42 Å². The zero-order valence-corrected chi connectivity index (χ0v) is 14.7. The van der Waals surface area contributed by atoms with Crippen molar-refractivity contribution in [3.8, 4) is 0 Å². The maximum atomic E-state index is 11.1. The van der Waals surface area contributed by atoms with Crippen molar-refractivity contribution >= 4 is 5.97 Å². The van der Waals surface area contributed by atoms with Crippen LogP contribution < -0.4 is 0 Å². The average molecular weight is 312 g/mol. The second kappa shape index (κ2) is 15.1. The number of esters is 1. The van der Waals surface area contributed by atoms with Gasteiger partial charge in [-0.05, 0) is 26.7 Å². The summed E-state index contributed by atoms with van der Waals surface area (Å²) in [6, 6.07) is 0. The van der Waals surface area contributed by atoms with Crippen LogP contribution in [0.4, 0.5) is 0 Å². The second-order valence-electron chi connectivity index (χ2n) is 6.24. The van der Waals surface area contributed by atoms with Crippen LogP contribution in [0.25, 0.3) is 0 Å².